The molecular weight excluding hydrogens is 274 g/mol. The fraction of sp³-hybridized carbons (Fsp3) is 0.786. The zero-order valence-corrected chi connectivity index (χ0v) is 13.9. The summed E-state index contributed by atoms with van der Waals surface area (Å²) in [6, 6.07) is 2.19. The minimum absolute atomic E-state index is 0.0968. The van der Waals surface area contributed by atoms with Crippen molar-refractivity contribution < 1.29 is 8.42 Å². The zero-order chi connectivity index (χ0) is 15.3. The molecule has 1 aromatic heterocycles. The third-order valence-corrected chi connectivity index (χ3v) is 5.20. The number of nitrogens with zero attached hydrogens (tertiary/aromatic N) is 2. The number of hydrogen-bond acceptors (Lipinski definition) is 4. The van der Waals surface area contributed by atoms with Crippen molar-refractivity contribution in [1.29, 1.82) is 0 Å². The molecule has 2 unspecified atom stereocenters. The zero-order valence-electron chi connectivity index (χ0n) is 13.1. The normalized spacial score (nSPS) is 15.5. The Balaban J connectivity index is 2.83. The molecule has 0 aromatic carbocycles. The van der Waals surface area contributed by atoms with Gasteiger partial charge in [-0.1, -0.05) is 6.92 Å². The molecule has 20 heavy (non-hydrogen) atoms. The molecule has 0 radical (unpaired) electrons. The molecule has 2 atom stereocenters. The van der Waals surface area contributed by atoms with Gasteiger partial charge in [-0.25, -0.2) is 8.42 Å². The van der Waals surface area contributed by atoms with Crippen molar-refractivity contribution in [2.75, 3.05) is 12.8 Å². The van der Waals surface area contributed by atoms with Crippen LogP contribution in [0.3, 0.4) is 0 Å². The van der Waals surface area contributed by atoms with Gasteiger partial charge < -0.3 is 5.32 Å². The first-order valence-electron chi connectivity index (χ1n) is 7.22. The van der Waals surface area contributed by atoms with Gasteiger partial charge in [0.2, 0.25) is 0 Å². The van der Waals surface area contributed by atoms with Crippen LogP contribution in [0.15, 0.2) is 12.3 Å². The van der Waals surface area contributed by atoms with Crippen LogP contribution in [0.2, 0.25) is 0 Å². The highest BCUT2D eigenvalue weighted by molar-refractivity contribution is 7.91. The van der Waals surface area contributed by atoms with Crippen molar-refractivity contribution >= 4 is 9.84 Å². The average molecular weight is 301 g/mol. The molecule has 0 aliphatic rings. The Kier molecular flexibility index (Phi) is 6.20. The molecule has 1 rings (SSSR count). The molecule has 0 fully saturated rings. The summed E-state index contributed by atoms with van der Waals surface area (Å²) in [7, 11) is -3.06. The molecule has 0 saturated heterocycles. The quantitative estimate of drug-likeness (QED) is 0.795. The van der Waals surface area contributed by atoms with Gasteiger partial charge in [-0.15, -0.1) is 0 Å². The highest BCUT2D eigenvalue weighted by atomic mass is 32.2. The van der Waals surface area contributed by atoms with Gasteiger partial charge in [0.05, 0.1) is 10.9 Å². The van der Waals surface area contributed by atoms with Gasteiger partial charge in [0, 0.05) is 31.0 Å². The lowest BCUT2D eigenvalue weighted by Gasteiger charge is -2.23. The molecule has 0 amide bonds. The highest BCUT2D eigenvalue weighted by Gasteiger charge is 2.26. The predicted octanol–water partition coefficient (Wildman–Crippen LogP) is 1.81. The summed E-state index contributed by atoms with van der Waals surface area (Å²) in [4.78, 5) is 0. The predicted molar refractivity (Wildman–Crippen MR) is 82.7 cm³/mol. The van der Waals surface area contributed by atoms with E-state index < -0.39 is 15.1 Å². The van der Waals surface area contributed by atoms with Gasteiger partial charge in [-0.3, -0.25) is 4.68 Å². The van der Waals surface area contributed by atoms with Crippen molar-refractivity contribution in [3.05, 3.63) is 18.0 Å². The van der Waals surface area contributed by atoms with E-state index in [0.717, 1.165) is 18.7 Å². The molecular formula is C14H27N3O2S. The van der Waals surface area contributed by atoms with Crippen molar-refractivity contribution in [3.63, 3.8) is 0 Å². The molecule has 6 heteroatoms. The second kappa shape index (κ2) is 7.22. The monoisotopic (exact) mass is 301 g/mol. The van der Waals surface area contributed by atoms with Crippen molar-refractivity contribution in [2.24, 2.45) is 0 Å². The topological polar surface area (TPSA) is 64.0 Å². The summed E-state index contributed by atoms with van der Waals surface area (Å²) < 4.78 is 25.4. The lowest BCUT2D eigenvalue weighted by molar-refractivity contribution is 0.470. The molecule has 0 bridgehead atoms. The first kappa shape index (κ1) is 17.2. The van der Waals surface area contributed by atoms with Crippen LogP contribution in [0.5, 0.6) is 0 Å². The van der Waals surface area contributed by atoms with Crippen molar-refractivity contribution in [3.8, 4) is 0 Å². The van der Waals surface area contributed by atoms with Crippen molar-refractivity contribution in [2.45, 2.75) is 57.9 Å². The summed E-state index contributed by atoms with van der Waals surface area (Å²) in [6.07, 6.45) is 4.86. The van der Waals surface area contributed by atoms with Crippen LogP contribution in [0.4, 0.5) is 0 Å². The Morgan fingerprint density at radius 1 is 1.35 bits per heavy atom. The molecule has 0 aliphatic carbocycles. The summed E-state index contributed by atoms with van der Waals surface area (Å²) in [5.41, 5.74) is 0.933. The van der Waals surface area contributed by atoms with Gasteiger partial charge >= 0.3 is 0 Å². The maximum absolute atomic E-state index is 11.8. The fourth-order valence-corrected chi connectivity index (χ4v) is 2.82. The Morgan fingerprint density at radius 2 is 2.00 bits per heavy atom. The molecule has 5 nitrogen and oxygen atoms in total. The van der Waals surface area contributed by atoms with Crippen LogP contribution in [0.25, 0.3) is 0 Å². The van der Waals surface area contributed by atoms with Crippen LogP contribution >= 0.6 is 0 Å². The first-order valence-corrected chi connectivity index (χ1v) is 9.17. The summed E-state index contributed by atoms with van der Waals surface area (Å²) in [5.74, 6) is 0. The average Bonchev–Trinajstić information content (AvgIpc) is 2.81. The molecule has 1 heterocycles. The summed E-state index contributed by atoms with van der Waals surface area (Å²) >= 11 is 0. The molecule has 116 valence electrons. The van der Waals surface area contributed by atoms with Crippen LogP contribution in [-0.4, -0.2) is 42.3 Å². The van der Waals surface area contributed by atoms with Gasteiger partial charge in [0.25, 0.3) is 0 Å². The molecule has 1 aromatic rings. The smallest absolute Gasteiger partial charge is 0.151 e. The van der Waals surface area contributed by atoms with Crippen LogP contribution in [-0.2, 0) is 16.3 Å². The second-order valence-corrected chi connectivity index (χ2v) is 8.08. The van der Waals surface area contributed by atoms with E-state index in [1.165, 1.54) is 6.26 Å². The summed E-state index contributed by atoms with van der Waals surface area (Å²) in [5, 5.41) is 7.42. The van der Waals surface area contributed by atoms with Gasteiger partial charge in [0.1, 0.15) is 0 Å². The van der Waals surface area contributed by atoms with Gasteiger partial charge in [0.15, 0.2) is 9.84 Å². The molecule has 0 aliphatic heterocycles. The number of aromatic nitrogens is 2. The van der Waals surface area contributed by atoms with E-state index in [2.05, 4.69) is 31.2 Å². The maximum Gasteiger partial charge on any atom is 0.151 e. The Bertz CT molecular complexity index is 508. The minimum atomic E-state index is -3.06. The minimum Gasteiger partial charge on any atom is -0.312 e. The Morgan fingerprint density at radius 3 is 2.45 bits per heavy atom. The standard InChI is InChI=1S/C14H27N3O2S/c1-6-8-15-14(12(4)20(5,18)19)10-13-7-9-17(16-13)11(2)3/h7,9,11-12,14-15H,6,8,10H2,1-5H3. The number of nitrogens with one attached hydrogen (secondary N) is 1. The number of sulfone groups is 1. The number of rotatable bonds is 8. The fourth-order valence-electron chi connectivity index (χ4n) is 2.03. The van der Waals surface area contributed by atoms with Gasteiger partial charge in [-0.2, -0.15) is 5.10 Å². The van der Waals surface area contributed by atoms with E-state index in [1.807, 2.05) is 16.9 Å². The van der Waals surface area contributed by atoms with Crippen molar-refractivity contribution in [1.82, 2.24) is 15.1 Å². The van der Waals surface area contributed by atoms with E-state index in [1.54, 1.807) is 6.92 Å². The van der Waals surface area contributed by atoms with Crippen LogP contribution < -0.4 is 5.32 Å². The Hall–Kier alpha value is -0.880. The molecule has 0 saturated carbocycles. The summed E-state index contributed by atoms with van der Waals surface area (Å²) in [6.45, 7) is 8.80. The van der Waals surface area contributed by atoms with Crippen LogP contribution in [0.1, 0.15) is 45.9 Å². The van der Waals surface area contributed by atoms with Crippen LogP contribution in [0, 0.1) is 0 Å². The van der Waals surface area contributed by atoms with E-state index in [0.29, 0.717) is 12.5 Å². The van der Waals surface area contributed by atoms with E-state index in [4.69, 9.17) is 0 Å². The maximum atomic E-state index is 11.8. The Labute approximate surface area is 122 Å². The molecule has 0 spiro atoms. The largest absolute Gasteiger partial charge is 0.312 e. The lowest BCUT2D eigenvalue weighted by atomic mass is 10.1. The second-order valence-electron chi connectivity index (χ2n) is 5.68. The van der Waals surface area contributed by atoms with E-state index in [-0.39, 0.29) is 6.04 Å². The third-order valence-electron chi connectivity index (χ3n) is 3.52. The van der Waals surface area contributed by atoms with E-state index in [9.17, 15) is 8.42 Å². The van der Waals surface area contributed by atoms with Gasteiger partial charge in [-0.05, 0) is 39.8 Å². The lowest BCUT2D eigenvalue weighted by Crippen LogP contribution is -2.44. The highest BCUT2D eigenvalue weighted by Crippen LogP contribution is 2.12. The SMILES string of the molecule is CCCNC(Cc1ccn(C(C)C)n1)C(C)S(C)(=O)=O. The number of hydrogen-bond donors (Lipinski definition) is 1. The first-order chi connectivity index (χ1) is 9.25. The third kappa shape index (κ3) is 4.90. The molecule has 1 N–H and O–H groups in total. The van der Waals surface area contributed by atoms with E-state index >= 15 is 0 Å².